The van der Waals surface area contributed by atoms with E-state index in [9.17, 15) is 14.7 Å². The van der Waals surface area contributed by atoms with Crippen molar-refractivity contribution in [1.82, 2.24) is 0 Å². The number of carbonyl (C=O) groups is 2. The van der Waals surface area contributed by atoms with Gasteiger partial charge in [0.1, 0.15) is 11.3 Å². The van der Waals surface area contributed by atoms with Gasteiger partial charge in [0, 0.05) is 5.56 Å². The van der Waals surface area contributed by atoms with Crippen molar-refractivity contribution in [2.45, 2.75) is 20.0 Å². The highest BCUT2D eigenvalue weighted by molar-refractivity contribution is 5.96. The number of aromatic carboxylic acids is 2. The smallest absolute Gasteiger partial charge is 0.339 e. The van der Waals surface area contributed by atoms with Crippen LogP contribution in [0.5, 0.6) is 5.75 Å². The number of aliphatic hydroxyl groups is 1. The molecule has 0 heterocycles. The van der Waals surface area contributed by atoms with Crippen LogP contribution in [0.15, 0.2) is 12.1 Å². The van der Waals surface area contributed by atoms with Crippen molar-refractivity contribution in [3.05, 3.63) is 28.8 Å². The van der Waals surface area contributed by atoms with Crippen molar-refractivity contribution >= 4 is 11.9 Å². The molecule has 98 valence electrons. The lowest BCUT2D eigenvalue weighted by Gasteiger charge is -2.17. The monoisotopic (exact) mass is 254 g/mol. The molecule has 18 heavy (non-hydrogen) atoms. The number of hydrogen-bond acceptors (Lipinski definition) is 4. The molecule has 1 aromatic rings. The number of benzene rings is 1. The first-order valence-corrected chi connectivity index (χ1v) is 5.34. The molecule has 3 N–H and O–H groups in total. The van der Waals surface area contributed by atoms with Gasteiger partial charge in [-0.05, 0) is 26.0 Å². The van der Waals surface area contributed by atoms with Crippen LogP contribution in [-0.2, 0) is 0 Å². The zero-order valence-electron chi connectivity index (χ0n) is 10.0. The van der Waals surface area contributed by atoms with Crippen LogP contribution in [0, 0.1) is 0 Å². The minimum absolute atomic E-state index is 0.0238. The van der Waals surface area contributed by atoms with E-state index in [1.165, 1.54) is 6.92 Å². The Morgan fingerprint density at radius 3 is 2.11 bits per heavy atom. The van der Waals surface area contributed by atoms with Gasteiger partial charge in [-0.3, -0.25) is 0 Å². The van der Waals surface area contributed by atoms with Crippen LogP contribution in [0.2, 0.25) is 0 Å². The summed E-state index contributed by atoms with van der Waals surface area (Å²) in [7, 11) is 0. The molecule has 0 saturated heterocycles. The summed E-state index contributed by atoms with van der Waals surface area (Å²) in [5.74, 6) is -2.58. The van der Waals surface area contributed by atoms with E-state index in [1.54, 1.807) is 6.92 Å². The molecule has 1 rings (SSSR count). The van der Waals surface area contributed by atoms with Gasteiger partial charge < -0.3 is 20.1 Å². The van der Waals surface area contributed by atoms with Gasteiger partial charge in [0.15, 0.2) is 0 Å². The Labute approximate surface area is 103 Å². The highest BCUT2D eigenvalue weighted by Crippen LogP contribution is 2.32. The lowest BCUT2D eigenvalue weighted by atomic mass is 9.98. The molecule has 0 aliphatic rings. The van der Waals surface area contributed by atoms with E-state index in [1.807, 2.05) is 0 Å². The molecule has 0 saturated carbocycles. The minimum atomic E-state index is -1.25. The molecular formula is C12H14O6. The standard InChI is InChI=1S/C12H14O6/c1-3-18-10-8(12(16)17)5-4-7(11(14)15)9(10)6(2)13/h4-6,13H,3H2,1-2H3,(H,14,15)(H,16,17). The van der Waals surface area contributed by atoms with Gasteiger partial charge in [-0.15, -0.1) is 0 Å². The molecule has 6 nitrogen and oxygen atoms in total. The van der Waals surface area contributed by atoms with Crippen molar-refractivity contribution in [2.75, 3.05) is 6.61 Å². The Kier molecular flexibility index (Phi) is 4.28. The van der Waals surface area contributed by atoms with Crippen LogP contribution >= 0.6 is 0 Å². The fourth-order valence-corrected chi connectivity index (χ4v) is 1.67. The number of rotatable bonds is 5. The SMILES string of the molecule is CCOc1c(C(=O)O)ccc(C(=O)O)c1C(C)O. The number of ether oxygens (including phenoxy) is 1. The first-order valence-electron chi connectivity index (χ1n) is 5.34. The summed E-state index contributed by atoms with van der Waals surface area (Å²) < 4.78 is 5.18. The highest BCUT2D eigenvalue weighted by Gasteiger charge is 2.24. The van der Waals surface area contributed by atoms with Crippen LogP contribution in [-0.4, -0.2) is 33.9 Å². The average Bonchev–Trinajstić information content (AvgIpc) is 2.27. The van der Waals surface area contributed by atoms with E-state index >= 15 is 0 Å². The van der Waals surface area contributed by atoms with Crippen molar-refractivity contribution in [3.63, 3.8) is 0 Å². The zero-order valence-corrected chi connectivity index (χ0v) is 10.0. The number of carboxylic acid groups (broad SMARTS) is 2. The van der Waals surface area contributed by atoms with E-state index in [-0.39, 0.29) is 29.0 Å². The van der Waals surface area contributed by atoms with Crippen molar-refractivity contribution in [3.8, 4) is 5.75 Å². The van der Waals surface area contributed by atoms with Gasteiger partial charge in [0.05, 0.1) is 18.3 Å². The maximum Gasteiger partial charge on any atom is 0.339 e. The first-order chi connectivity index (χ1) is 8.40. The van der Waals surface area contributed by atoms with E-state index in [0.717, 1.165) is 12.1 Å². The third-order valence-corrected chi connectivity index (χ3v) is 2.36. The maximum absolute atomic E-state index is 11.0. The molecule has 0 radical (unpaired) electrons. The second kappa shape index (κ2) is 5.50. The molecule has 0 aliphatic heterocycles. The van der Waals surface area contributed by atoms with Crippen LogP contribution in [0.4, 0.5) is 0 Å². The summed E-state index contributed by atoms with van der Waals surface area (Å²) in [5, 5.41) is 27.7. The molecule has 1 unspecified atom stereocenters. The summed E-state index contributed by atoms with van der Waals surface area (Å²) in [5.41, 5.74) is -0.361. The van der Waals surface area contributed by atoms with Gasteiger partial charge in [-0.1, -0.05) is 0 Å². The average molecular weight is 254 g/mol. The minimum Gasteiger partial charge on any atom is -0.493 e. The lowest BCUT2D eigenvalue weighted by molar-refractivity contribution is 0.0670. The highest BCUT2D eigenvalue weighted by atomic mass is 16.5. The number of carboxylic acids is 2. The molecule has 1 aromatic carbocycles. The van der Waals surface area contributed by atoms with Crippen LogP contribution in [0.3, 0.4) is 0 Å². The summed E-state index contributed by atoms with van der Waals surface area (Å²) >= 11 is 0. The third-order valence-electron chi connectivity index (χ3n) is 2.36. The predicted molar refractivity (Wildman–Crippen MR) is 62.2 cm³/mol. The van der Waals surface area contributed by atoms with E-state index in [2.05, 4.69) is 0 Å². The van der Waals surface area contributed by atoms with Gasteiger partial charge in [0.2, 0.25) is 0 Å². The number of aliphatic hydroxyl groups excluding tert-OH is 1. The third kappa shape index (κ3) is 2.60. The van der Waals surface area contributed by atoms with Gasteiger partial charge in [0.25, 0.3) is 0 Å². The maximum atomic E-state index is 11.0. The molecule has 0 amide bonds. The van der Waals surface area contributed by atoms with E-state index in [0.29, 0.717) is 0 Å². The van der Waals surface area contributed by atoms with Gasteiger partial charge >= 0.3 is 11.9 Å². The summed E-state index contributed by atoms with van der Waals surface area (Å²) in [6.45, 7) is 3.17. The van der Waals surface area contributed by atoms with Gasteiger partial charge in [-0.25, -0.2) is 9.59 Å². The second-order valence-corrected chi connectivity index (χ2v) is 3.62. The fraction of sp³-hybridized carbons (Fsp3) is 0.333. The van der Waals surface area contributed by atoms with Crippen molar-refractivity contribution in [2.24, 2.45) is 0 Å². The fourth-order valence-electron chi connectivity index (χ4n) is 1.67. The Morgan fingerprint density at radius 1 is 1.22 bits per heavy atom. The Bertz CT molecular complexity index is 478. The van der Waals surface area contributed by atoms with Crippen molar-refractivity contribution in [1.29, 1.82) is 0 Å². The summed E-state index contributed by atoms with van der Waals surface area (Å²) in [6.07, 6.45) is -1.14. The molecule has 0 spiro atoms. The van der Waals surface area contributed by atoms with E-state index < -0.39 is 18.0 Å². The van der Waals surface area contributed by atoms with E-state index in [4.69, 9.17) is 14.9 Å². The Hall–Kier alpha value is -2.08. The Balaban J connectivity index is 3.59. The zero-order chi connectivity index (χ0) is 13.9. The predicted octanol–water partition coefficient (Wildman–Crippen LogP) is 1.53. The normalized spacial score (nSPS) is 11.9. The summed E-state index contributed by atoms with van der Waals surface area (Å²) in [6, 6.07) is 2.30. The first kappa shape index (κ1) is 14.0. The lowest BCUT2D eigenvalue weighted by Crippen LogP contribution is -2.12. The molecule has 0 bridgehead atoms. The largest absolute Gasteiger partial charge is 0.493 e. The molecule has 1 atom stereocenters. The molecule has 0 aromatic heterocycles. The molecule has 0 aliphatic carbocycles. The van der Waals surface area contributed by atoms with Crippen LogP contribution in [0.1, 0.15) is 46.2 Å². The molecular weight excluding hydrogens is 240 g/mol. The molecule has 0 fully saturated rings. The van der Waals surface area contributed by atoms with Crippen LogP contribution < -0.4 is 4.74 Å². The molecule has 6 heteroatoms. The topological polar surface area (TPSA) is 104 Å². The quantitative estimate of drug-likeness (QED) is 0.736. The van der Waals surface area contributed by atoms with Gasteiger partial charge in [-0.2, -0.15) is 0 Å². The second-order valence-electron chi connectivity index (χ2n) is 3.62. The van der Waals surface area contributed by atoms with Crippen molar-refractivity contribution < 1.29 is 29.6 Å². The van der Waals surface area contributed by atoms with Crippen LogP contribution in [0.25, 0.3) is 0 Å². The Morgan fingerprint density at radius 2 is 1.72 bits per heavy atom. The summed E-state index contributed by atoms with van der Waals surface area (Å²) in [4.78, 5) is 22.1. The number of hydrogen-bond donors (Lipinski definition) is 3.